The van der Waals surface area contributed by atoms with Crippen LogP contribution in [0, 0.1) is 3.57 Å². The van der Waals surface area contributed by atoms with Gasteiger partial charge in [0, 0.05) is 0 Å². The van der Waals surface area contributed by atoms with Crippen LogP contribution in [0.25, 0.3) is 0 Å². The minimum atomic E-state index is -0.498. The molecule has 0 heterocycles. The second-order valence-corrected chi connectivity index (χ2v) is 6.72. The van der Waals surface area contributed by atoms with Crippen molar-refractivity contribution in [2.24, 2.45) is 0 Å². The summed E-state index contributed by atoms with van der Waals surface area (Å²) in [6.45, 7) is 5.55. The summed E-state index contributed by atoms with van der Waals surface area (Å²) in [5, 5.41) is 0. The lowest BCUT2D eigenvalue weighted by Gasteiger charge is -2.19. The number of carbonyl (C=O) groups excluding carboxylic acids is 1. The van der Waals surface area contributed by atoms with Gasteiger partial charge in [-0.05, 0) is 73.7 Å². The van der Waals surface area contributed by atoms with Gasteiger partial charge in [-0.2, -0.15) is 0 Å². The maximum absolute atomic E-state index is 12.0. The molecule has 3 nitrogen and oxygen atoms in total. The number of esters is 1. The Hall–Kier alpha value is -1.56. The molecule has 21 heavy (non-hydrogen) atoms. The zero-order chi connectivity index (χ0) is 15.5. The molecule has 0 radical (unpaired) electrons. The molecule has 0 atom stereocenters. The van der Waals surface area contributed by atoms with Gasteiger partial charge < -0.3 is 9.47 Å². The molecule has 0 bridgehead atoms. The Morgan fingerprint density at radius 2 is 1.71 bits per heavy atom. The van der Waals surface area contributed by atoms with Crippen molar-refractivity contribution in [3.8, 4) is 11.5 Å². The highest BCUT2D eigenvalue weighted by molar-refractivity contribution is 14.1. The molecule has 0 saturated heterocycles. The van der Waals surface area contributed by atoms with Crippen molar-refractivity contribution in [2.45, 2.75) is 26.4 Å². The van der Waals surface area contributed by atoms with Crippen LogP contribution in [0.5, 0.6) is 11.5 Å². The van der Waals surface area contributed by atoms with Crippen molar-refractivity contribution in [1.29, 1.82) is 0 Å². The largest absolute Gasteiger partial charge is 0.456 e. The fraction of sp³-hybridized carbons (Fsp3) is 0.235. The van der Waals surface area contributed by atoms with Gasteiger partial charge in [0.25, 0.3) is 0 Å². The molecular weight excluding hydrogens is 379 g/mol. The first-order valence-corrected chi connectivity index (χ1v) is 7.69. The molecule has 0 unspecified atom stereocenters. The number of benzene rings is 2. The van der Waals surface area contributed by atoms with Crippen LogP contribution < -0.4 is 4.74 Å². The number of ether oxygens (including phenoxy) is 2. The van der Waals surface area contributed by atoms with Gasteiger partial charge in [0.2, 0.25) is 0 Å². The molecule has 0 aliphatic rings. The van der Waals surface area contributed by atoms with E-state index in [1.807, 2.05) is 51.1 Å². The number of para-hydroxylation sites is 1. The summed E-state index contributed by atoms with van der Waals surface area (Å²) in [5.74, 6) is 1.15. The average Bonchev–Trinajstić information content (AvgIpc) is 2.40. The van der Waals surface area contributed by atoms with Crippen LogP contribution in [0.1, 0.15) is 31.1 Å². The van der Waals surface area contributed by atoms with E-state index in [1.165, 1.54) is 0 Å². The van der Waals surface area contributed by atoms with Crippen molar-refractivity contribution in [3.63, 3.8) is 0 Å². The van der Waals surface area contributed by atoms with Crippen molar-refractivity contribution in [3.05, 3.63) is 57.7 Å². The number of rotatable bonds is 3. The predicted octanol–water partition coefficient (Wildman–Crippen LogP) is 5.04. The Balaban J connectivity index is 2.16. The zero-order valence-electron chi connectivity index (χ0n) is 12.2. The Morgan fingerprint density at radius 3 is 2.29 bits per heavy atom. The predicted molar refractivity (Wildman–Crippen MR) is 90.8 cm³/mol. The highest BCUT2D eigenvalue weighted by Gasteiger charge is 2.18. The number of carbonyl (C=O) groups is 1. The number of hydrogen-bond acceptors (Lipinski definition) is 3. The van der Waals surface area contributed by atoms with Crippen molar-refractivity contribution < 1.29 is 14.3 Å². The smallest absolute Gasteiger partial charge is 0.338 e. The van der Waals surface area contributed by atoms with Crippen LogP contribution in [0.4, 0.5) is 0 Å². The fourth-order valence-corrected chi connectivity index (χ4v) is 2.29. The van der Waals surface area contributed by atoms with Crippen LogP contribution in [-0.4, -0.2) is 11.6 Å². The highest BCUT2D eigenvalue weighted by atomic mass is 127. The zero-order valence-corrected chi connectivity index (χ0v) is 14.4. The first kappa shape index (κ1) is 15.8. The number of halogens is 1. The van der Waals surface area contributed by atoms with E-state index in [1.54, 1.807) is 18.2 Å². The fourth-order valence-electron chi connectivity index (χ4n) is 1.66. The van der Waals surface area contributed by atoms with Crippen molar-refractivity contribution >= 4 is 28.6 Å². The van der Waals surface area contributed by atoms with E-state index in [-0.39, 0.29) is 5.97 Å². The second-order valence-electron chi connectivity index (χ2n) is 5.56. The molecule has 2 aromatic carbocycles. The monoisotopic (exact) mass is 396 g/mol. The van der Waals surface area contributed by atoms with Gasteiger partial charge in [0.15, 0.2) is 0 Å². The Morgan fingerprint density at radius 1 is 1.05 bits per heavy atom. The standard InChI is InChI=1S/C17H17IO3/c1-17(2,3)21-16(19)12-9-10-15(14(18)11-12)20-13-7-5-4-6-8-13/h4-11H,1-3H3. The molecule has 4 heteroatoms. The average molecular weight is 396 g/mol. The van der Waals surface area contributed by atoms with Gasteiger partial charge in [-0.3, -0.25) is 0 Å². The third-order valence-corrected chi connectivity index (χ3v) is 3.38. The van der Waals surface area contributed by atoms with Gasteiger partial charge in [-0.25, -0.2) is 4.79 Å². The van der Waals surface area contributed by atoms with Crippen LogP contribution in [0.3, 0.4) is 0 Å². The van der Waals surface area contributed by atoms with Crippen LogP contribution in [0.2, 0.25) is 0 Å². The lowest BCUT2D eigenvalue weighted by atomic mass is 10.1. The molecule has 0 aliphatic carbocycles. The second kappa shape index (κ2) is 6.47. The lowest BCUT2D eigenvalue weighted by molar-refractivity contribution is 0.00694. The molecule has 0 fully saturated rings. The summed E-state index contributed by atoms with van der Waals surface area (Å²) >= 11 is 2.15. The summed E-state index contributed by atoms with van der Waals surface area (Å²) in [7, 11) is 0. The maximum atomic E-state index is 12.0. The molecule has 0 spiro atoms. The molecule has 0 aliphatic heterocycles. The van der Waals surface area contributed by atoms with Crippen LogP contribution in [0.15, 0.2) is 48.5 Å². The minimum Gasteiger partial charge on any atom is -0.456 e. The molecule has 110 valence electrons. The summed E-state index contributed by atoms with van der Waals surface area (Å²) in [6, 6.07) is 14.8. The third-order valence-electron chi connectivity index (χ3n) is 2.54. The van der Waals surface area contributed by atoms with Crippen LogP contribution >= 0.6 is 22.6 Å². The Labute approximate surface area is 138 Å². The Bertz CT molecular complexity index is 630. The normalized spacial score (nSPS) is 11.0. The highest BCUT2D eigenvalue weighted by Crippen LogP contribution is 2.28. The Kier molecular flexibility index (Phi) is 4.88. The first-order valence-electron chi connectivity index (χ1n) is 6.61. The van der Waals surface area contributed by atoms with Gasteiger partial charge in [-0.15, -0.1) is 0 Å². The van der Waals surface area contributed by atoms with E-state index in [0.29, 0.717) is 11.3 Å². The molecular formula is C17H17IO3. The molecule has 0 N–H and O–H groups in total. The molecule has 2 aromatic rings. The van der Waals surface area contributed by atoms with Crippen LogP contribution in [-0.2, 0) is 4.74 Å². The van der Waals surface area contributed by atoms with Crippen molar-refractivity contribution in [1.82, 2.24) is 0 Å². The van der Waals surface area contributed by atoms with E-state index in [0.717, 1.165) is 9.32 Å². The summed E-state index contributed by atoms with van der Waals surface area (Å²) in [4.78, 5) is 12.0. The van der Waals surface area contributed by atoms with Crippen molar-refractivity contribution in [2.75, 3.05) is 0 Å². The quantitative estimate of drug-likeness (QED) is 0.539. The molecule has 0 amide bonds. The van der Waals surface area contributed by atoms with Gasteiger partial charge in [0.05, 0.1) is 9.13 Å². The maximum Gasteiger partial charge on any atom is 0.338 e. The van der Waals surface area contributed by atoms with E-state index in [2.05, 4.69) is 22.6 Å². The minimum absolute atomic E-state index is 0.327. The lowest BCUT2D eigenvalue weighted by Crippen LogP contribution is -2.23. The van der Waals surface area contributed by atoms with E-state index in [9.17, 15) is 4.79 Å². The van der Waals surface area contributed by atoms with E-state index < -0.39 is 5.60 Å². The third kappa shape index (κ3) is 4.74. The SMILES string of the molecule is CC(C)(C)OC(=O)c1ccc(Oc2ccccc2)c(I)c1. The summed E-state index contributed by atoms with van der Waals surface area (Å²) in [6.07, 6.45) is 0. The van der Waals surface area contributed by atoms with E-state index >= 15 is 0 Å². The van der Waals surface area contributed by atoms with E-state index in [4.69, 9.17) is 9.47 Å². The topological polar surface area (TPSA) is 35.5 Å². The summed E-state index contributed by atoms with van der Waals surface area (Å²) < 4.78 is 12.0. The summed E-state index contributed by atoms with van der Waals surface area (Å²) in [5.41, 5.74) is 0.0246. The first-order chi connectivity index (χ1) is 9.85. The van der Waals surface area contributed by atoms with Gasteiger partial charge in [-0.1, -0.05) is 18.2 Å². The molecule has 2 rings (SSSR count). The van der Waals surface area contributed by atoms with Gasteiger partial charge >= 0.3 is 5.97 Å². The molecule has 0 aromatic heterocycles. The number of hydrogen-bond donors (Lipinski definition) is 0. The van der Waals surface area contributed by atoms with Gasteiger partial charge in [0.1, 0.15) is 17.1 Å². The molecule has 0 saturated carbocycles.